The smallest absolute Gasteiger partial charge is 0.246 e. The van der Waals surface area contributed by atoms with Crippen LogP contribution in [0.15, 0.2) is 24.3 Å². The molecule has 150 valence electrons. The third kappa shape index (κ3) is 6.28. The van der Waals surface area contributed by atoms with Gasteiger partial charge in [-0.15, -0.1) is 0 Å². The summed E-state index contributed by atoms with van der Waals surface area (Å²) in [6.45, 7) is 3.95. The average molecular weight is 375 g/mol. The van der Waals surface area contributed by atoms with E-state index in [0.717, 1.165) is 37.4 Å². The van der Waals surface area contributed by atoms with E-state index in [1.54, 1.807) is 20.3 Å². The second-order valence-corrected chi connectivity index (χ2v) is 7.70. The van der Waals surface area contributed by atoms with Gasteiger partial charge in [0.1, 0.15) is 0 Å². The molecule has 1 saturated carbocycles. The maximum atomic E-state index is 13.0. The van der Waals surface area contributed by atoms with E-state index in [1.165, 1.54) is 12.8 Å². The van der Waals surface area contributed by atoms with Gasteiger partial charge in [-0.25, -0.2) is 0 Å². The fourth-order valence-electron chi connectivity index (χ4n) is 3.55. The molecule has 0 aromatic heterocycles. The van der Waals surface area contributed by atoms with Crippen molar-refractivity contribution >= 4 is 12.0 Å². The molecule has 0 atom stereocenters. The first-order valence-corrected chi connectivity index (χ1v) is 9.80. The Balaban J connectivity index is 2.10. The Labute approximate surface area is 163 Å². The van der Waals surface area contributed by atoms with Crippen molar-refractivity contribution in [1.29, 1.82) is 0 Å². The number of hydrogen-bond donors (Lipinski definition) is 0. The van der Waals surface area contributed by atoms with Crippen molar-refractivity contribution < 1.29 is 14.3 Å². The van der Waals surface area contributed by atoms with Crippen molar-refractivity contribution in [2.75, 3.05) is 41.4 Å². The molecular weight excluding hydrogens is 340 g/mol. The highest BCUT2D eigenvalue weighted by Gasteiger charge is 2.26. The maximum Gasteiger partial charge on any atom is 0.246 e. The van der Waals surface area contributed by atoms with Crippen molar-refractivity contribution in [2.45, 2.75) is 38.6 Å². The summed E-state index contributed by atoms with van der Waals surface area (Å²) in [7, 11) is 7.32. The largest absolute Gasteiger partial charge is 0.493 e. The van der Waals surface area contributed by atoms with Gasteiger partial charge in [0, 0.05) is 25.2 Å². The van der Waals surface area contributed by atoms with Crippen LogP contribution in [-0.2, 0) is 4.79 Å². The molecule has 5 nitrogen and oxygen atoms in total. The highest BCUT2D eigenvalue weighted by Crippen LogP contribution is 2.29. The summed E-state index contributed by atoms with van der Waals surface area (Å²) in [4.78, 5) is 17.1. The standard InChI is InChI=1S/C22H34N2O3/c1-17-6-10-19(11-7-17)24(15-14-23(2)3)22(25)13-9-18-8-12-20(26-4)21(16-18)27-5/h8-9,12-13,16-17,19H,6-7,10-11,14-15H2,1-5H3/t17-,19-. The zero-order chi connectivity index (χ0) is 19.8. The number of carbonyl (C=O) groups excluding carboxylic acids is 1. The number of carbonyl (C=O) groups is 1. The normalized spacial score (nSPS) is 20.1. The summed E-state index contributed by atoms with van der Waals surface area (Å²) in [5, 5.41) is 0. The topological polar surface area (TPSA) is 42.0 Å². The lowest BCUT2D eigenvalue weighted by Gasteiger charge is -2.36. The molecule has 27 heavy (non-hydrogen) atoms. The Hall–Kier alpha value is -2.01. The number of rotatable bonds is 8. The first-order chi connectivity index (χ1) is 12.9. The predicted molar refractivity (Wildman–Crippen MR) is 110 cm³/mol. The van der Waals surface area contributed by atoms with E-state index in [1.807, 2.05) is 38.4 Å². The van der Waals surface area contributed by atoms with Crippen LogP contribution in [0, 0.1) is 5.92 Å². The van der Waals surface area contributed by atoms with Crippen LogP contribution in [0.25, 0.3) is 6.08 Å². The van der Waals surface area contributed by atoms with Crippen molar-refractivity contribution in [1.82, 2.24) is 9.80 Å². The van der Waals surface area contributed by atoms with Gasteiger partial charge in [-0.2, -0.15) is 0 Å². The molecular formula is C22H34N2O3. The summed E-state index contributed by atoms with van der Waals surface area (Å²) in [6.07, 6.45) is 8.16. The highest BCUT2D eigenvalue weighted by atomic mass is 16.5. The minimum atomic E-state index is 0.0891. The Morgan fingerprint density at radius 3 is 2.33 bits per heavy atom. The molecule has 1 aromatic rings. The molecule has 0 saturated heterocycles. The average Bonchev–Trinajstić information content (AvgIpc) is 2.67. The van der Waals surface area contributed by atoms with Gasteiger partial charge >= 0.3 is 0 Å². The van der Waals surface area contributed by atoms with Crippen LogP contribution in [0.4, 0.5) is 0 Å². The van der Waals surface area contributed by atoms with Crippen molar-refractivity contribution in [3.8, 4) is 11.5 Å². The van der Waals surface area contributed by atoms with E-state index in [2.05, 4.69) is 16.7 Å². The van der Waals surface area contributed by atoms with Crippen LogP contribution in [0.5, 0.6) is 11.5 Å². The molecule has 1 aromatic carbocycles. The molecule has 0 aliphatic heterocycles. The summed E-state index contributed by atoms with van der Waals surface area (Å²) >= 11 is 0. The molecule has 1 aliphatic rings. The summed E-state index contributed by atoms with van der Waals surface area (Å²) < 4.78 is 10.6. The number of hydrogen-bond acceptors (Lipinski definition) is 4. The lowest BCUT2D eigenvalue weighted by molar-refractivity contribution is -0.129. The molecule has 1 amide bonds. The van der Waals surface area contributed by atoms with Gasteiger partial charge < -0.3 is 19.3 Å². The summed E-state index contributed by atoms with van der Waals surface area (Å²) in [5.41, 5.74) is 0.922. The minimum Gasteiger partial charge on any atom is -0.493 e. The monoisotopic (exact) mass is 374 g/mol. The van der Waals surface area contributed by atoms with Gasteiger partial charge in [0.2, 0.25) is 5.91 Å². The van der Waals surface area contributed by atoms with E-state index in [4.69, 9.17) is 9.47 Å². The van der Waals surface area contributed by atoms with E-state index < -0.39 is 0 Å². The summed E-state index contributed by atoms with van der Waals surface area (Å²) in [5.74, 6) is 2.21. The Morgan fingerprint density at radius 1 is 1.07 bits per heavy atom. The molecule has 0 heterocycles. The van der Waals surface area contributed by atoms with E-state index in [0.29, 0.717) is 17.5 Å². The van der Waals surface area contributed by atoms with Crippen LogP contribution in [0.3, 0.4) is 0 Å². The van der Waals surface area contributed by atoms with Crippen LogP contribution in [-0.4, -0.2) is 63.2 Å². The summed E-state index contributed by atoms with van der Waals surface area (Å²) in [6, 6.07) is 6.02. The Morgan fingerprint density at radius 2 is 1.74 bits per heavy atom. The van der Waals surface area contributed by atoms with Gasteiger partial charge in [0.05, 0.1) is 14.2 Å². The van der Waals surface area contributed by atoms with Gasteiger partial charge in [-0.05, 0) is 69.5 Å². The van der Waals surface area contributed by atoms with Crippen LogP contribution in [0.2, 0.25) is 0 Å². The van der Waals surface area contributed by atoms with Gasteiger partial charge in [-0.3, -0.25) is 4.79 Å². The first-order valence-electron chi connectivity index (χ1n) is 9.80. The number of nitrogens with zero attached hydrogens (tertiary/aromatic N) is 2. The molecule has 0 unspecified atom stereocenters. The van der Waals surface area contributed by atoms with Crippen LogP contribution < -0.4 is 9.47 Å². The van der Waals surface area contributed by atoms with Crippen molar-refractivity contribution in [2.24, 2.45) is 5.92 Å². The highest BCUT2D eigenvalue weighted by molar-refractivity contribution is 5.92. The molecule has 1 fully saturated rings. The van der Waals surface area contributed by atoms with E-state index in [9.17, 15) is 4.79 Å². The van der Waals surface area contributed by atoms with Crippen LogP contribution in [0.1, 0.15) is 38.2 Å². The molecule has 0 bridgehead atoms. The predicted octanol–water partition coefficient (Wildman–Crippen LogP) is 3.69. The van der Waals surface area contributed by atoms with Gasteiger partial charge in [-0.1, -0.05) is 13.0 Å². The third-order valence-electron chi connectivity index (χ3n) is 5.32. The van der Waals surface area contributed by atoms with E-state index in [-0.39, 0.29) is 5.91 Å². The van der Waals surface area contributed by atoms with E-state index >= 15 is 0 Å². The number of ether oxygens (including phenoxy) is 2. The van der Waals surface area contributed by atoms with Gasteiger partial charge in [0.25, 0.3) is 0 Å². The third-order valence-corrected chi connectivity index (χ3v) is 5.32. The lowest BCUT2D eigenvalue weighted by Crippen LogP contribution is -2.44. The van der Waals surface area contributed by atoms with Crippen molar-refractivity contribution in [3.63, 3.8) is 0 Å². The zero-order valence-electron chi connectivity index (χ0n) is 17.4. The Kier molecular flexibility index (Phi) is 8.17. The van der Waals surface area contributed by atoms with Crippen molar-refractivity contribution in [3.05, 3.63) is 29.8 Å². The SMILES string of the molecule is COc1ccc(C=CC(=O)N(CCN(C)C)[C@H]2CC[C@H](C)CC2)cc1OC. The number of likely N-dealkylation sites (N-methyl/N-ethyl adjacent to an activating group) is 1. The first kappa shape index (κ1) is 21.3. The second-order valence-electron chi connectivity index (χ2n) is 7.70. The molecule has 0 N–H and O–H groups in total. The molecule has 2 rings (SSSR count). The minimum absolute atomic E-state index is 0.0891. The van der Waals surface area contributed by atoms with Crippen LogP contribution >= 0.6 is 0 Å². The second kappa shape index (κ2) is 10.4. The zero-order valence-corrected chi connectivity index (χ0v) is 17.4. The van der Waals surface area contributed by atoms with Gasteiger partial charge in [0.15, 0.2) is 11.5 Å². The fourth-order valence-corrected chi connectivity index (χ4v) is 3.55. The maximum absolute atomic E-state index is 13.0. The number of benzene rings is 1. The number of amides is 1. The quantitative estimate of drug-likeness (QED) is 0.651. The number of methoxy groups -OCH3 is 2. The fraction of sp³-hybridized carbons (Fsp3) is 0.591. The molecule has 5 heteroatoms. The lowest BCUT2D eigenvalue weighted by atomic mass is 9.86. The molecule has 0 radical (unpaired) electrons. The molecule has 1 aliphatic carbocycles. The molecule has 0 spiro atoms. The Bertz CT molecular complexity index is 634.